The molecule has 2 atom stereocenters. The van der Waals surface area contributed by atoms with E-state index in [2.05, 4.69) is 22.9 Å². The second-order valence-corrected chi connectivity index (χ2v) is 6.11. The molecule has 1 aromatic carbocycles. The molecule has 6 heteroatoms. The Balaban J connectivity index is 1.62. The summed E-state index contributed by atoms with van der Waals surface area (Å²) >= 11 is 0. The molecule has 0 radical (unpaired) electrons. The van der Waals surface area contributed by atoms with Gasteiger partial charge in [0, 0.05) is 23.3 Å². The predicted molar refractivity (Wildman–Crippen MR) is 91.9 cm³/mol. The number of benzene rings is 1. The Labute approximate surface area is 140 Å². The molecule has 0 bridgehead atoms. The molecule has 6 nitrogen and oxygen atoms in total. The number of furan rings is 1. The molecule has 0 spiro atoms. The molecule has 2 heterocycles. The number of hydrogen-bond acceptors (Lipinski definition) is 4. The number of carbonyl (C=O) groups is 2. The van der Waals surface area contributed by atoms with E-state index in [0.29, 0.717) is 23.0 Å². The topological polar surface area (TPSA) is 83.4 Å². The maximum Gasteiger partial charge on any atom is 0.258 e. The molecule has 3 rings (SSSR count). The van der Waals surface area contributed by atoms with Gasteiger partial charge in [-0.3, -0.25) is 9.59 Å². The third-order valence-electron chi connectivity index (χ3n) is 4.17. The molecule has 1 aliphatic rings. The first kappa shape index (κ1) is 16.3. The monoisotopic (exact) mass is 327 g/mol. The summed E-state index contributed by atoms with van der Waals surface area (Å²) in [5.41, 5.74) is 1.75. The molecule has 24 heavy (non-hydrogen) atoms. The maximum atomic E-state index is 12.4. The molecule has 0 unspecified atom stereocenters. The molecular formula is C18H21N3O3. The van der Waals surface area contributed by atoms with Gasteiger partial charge < -0.3 is 20.4 Å². The van der Waals surface area contributed by atoms with Gasteiger partial charge in [-0.2, -0.15) is 0 Å². The lowest BCUT2D eigenvalue weighted by Gasteiger charge is -2.27. The minimum absolute atomic E-state index is 0.0189. The van der Waals surface area contributed by atoms with E-state index in [1.54, 1.807) is 24.3 Å². The van der Waals surface area contributed by atoms with E-state index in [-0.39, 0.29) is 17.7 Å². The highest BCUT2D eigenvalue weighted by Crippen LogP contribution is 2.21. The Morgan fingerprint density at radius 3 is 2.71 bits per heavy atom. The summed E-state index contributed by atoms with van der Waals surface area (Å²) in [6.07, 6.45) is 4.51. The SMILES string of the molecule is C[C@H]1C[C@@H](C(=O)Nc2cccc(NC(=O)c3ccoc3)c2)CCN1. The van der Waals surface area contributed by atoms with Gasteiger partial charge in [-0.1, -0.05) is 6.07 Å². The van der Waals surface area contributed by atoms with E-state index in [1.165, 1.54) is 12.5 Å². The highest BCUT2D eigenvalue weighted by atomic mass is 16.3. The standard InChI is InChI=1S/C18H21N3O3/c1-12-9-13(5-7-19-12)17(22)20-15-3-2-4-16(10-15)21-18(23)14-6-8-24-11-14/h2-4,6,8,10-13,19H,5,7,9H2,1H3,(H,20,22)(H,21,23)/t12-,13-/m0/s1. The summed E-state index contributed by atoms with van der Waals surface area (Å²) < 4.78 is 4.90. The van der Waals surface area contributed by atoms with Crippen LogP contribution in [-0.2, 0) is 4.79 Å². The van der Waals surface area contributed by atoms with Crippen LogP contribution in [0.3, 0.4) is 0 Å². The summed E-state index contributed by atoms with van der Waals surface area (Å²) in [5.74, 6) is -0.202. The maximum absolute atomic E-state index is 12.4. The van der Waals surface area contributed by atoms with Gasteiger partial charge in [0.25, 0.3) is 5.91 Å². The van der Waals surface area contributed by atoms with Gasteiger partial charge in [0.15, 0.2) is 0 Å². The van der Waals surface area contributed by atoms with Crippen LogP contribution in [0, 0.1) is 5.92 Å². The molecule has 0 saturated carbocycles. The summed E-state index contributed by atoms with van der Waals surface area (Å²) in [6.45, 7) is 2.95. The predicted octanol–water partition coefficient (Wildman–Crippen LogP) is 2.86. The largest absolute Gasteiger partial charge is 0.472 e. The second kappa shape index (κ2) is 7.31. The Kier molecular flexibility index (Phi) is 4.96. The quantitative estimate of drug-likeness (QED) is 0.806. The molecule has 0 aliphatic carbocycles. The fourth-order valence-corrected chi connectivity index (χ4v) is 2.89. The first-order valence-electron chi connectivity index (χ1n) is 8.09. The molecule has 1 aliphatic heterocycles. The lowest BCUT2D eigenvalue weighted by molar-refractivity contribution is -0.120. The first-order valence-corrected chi connectivity index (χ1v) is 8.09. The van der Waals surface area contributed by atoms with Crippen molar-refractivity contribution < 1.29 is 14.0 Å². The van der Waals surface area contributed by atoms with Gasteiger partial charge >= 0.3 is 0 Å². The van der Waals surface area contributed by atoms with Gasteiger partial charge in [0.1, 0.15) is 6.26 Å². The summed E-state index contributed by atoms with van der Waals surface area (Å²) in [7, 11) is 0. The van der Waals surface area contributed by atoms with E-state index in [1.807, 2.05) is 6.07 Å². The van der Waals surface area contributed by atoms with Crippen molar-refractivity contribution >= 4 is 23.2 Å². The Hall–Kier alpha value is -2.60. The van der Waals surface area contributed by atoms with Crippen molar-refractivity contribution in [2.45, 2.75) is 25.8 Å². The van der Waals surface area contributed by atoms with Gasteiger partial charge in [0.05, 0.1) is 11.8 Å². The Morgan fingerprint density at radius 1 is 1.21 bits per heavy atom. The highest BCUT2D eigenvalue weighted by molar-refractivity contribution is 6.04. The minimum Gasteiger partial charge on any atom is -0.472 e. The van der Waals surface area contributed by atoms with Crippen LogP contribution in [0.25, 0.3) is 0 Å². The van der Waals surface area contributed by atoms with E-state index < -0.39 is 0 Å². The van der Waals surface area contributed by atoms with Crippen LogP contribution >= 0.6 is 0 Å². The highest BCUT2D eigenvalue weighted by Gasteiger charge is 2.24. The van der Waals surface area contributed by atoms with Crippen LogP contribution in [0.2, 0.25) is 0 Å². The fourth-order valence-electron chi connectivity index (χ4n) is 2.89. The number of piperidine rings is 1. The molecule has 1 fully saturated rings. The third kappa shape index (κ3) is 4.02. The van der Waals surface area contributed by atoms with Crippen LogP contribution < -0.4 is 16.0 Å². The van der Waals surface area contributed by atoms with Gasteiger partial charge in [-0.25, -0.2) is 0 Å². The van der Waals surface area contributed by atoms with Gasteiger partial charge in [0.2, 0.25) is 5.91 Å². The van der Waals surface area contributed by atoms with Crippen LogP contribution in [0.15, 0.2) is 47.3 Å². The minimum atomic E-state index is -0.251. The molecule has 126 valence electrons. The molecule has 2 amide bonds. The molecular weight excluding hydrogens is 306 g/mol. The van der Waals surface area contributed by atoms with E-state index in [4.69, 9.17) is 4.42 Å². The van der Waals surface area contributed by atoms with E-state index >= 15 is 0 Å². The summed E-state index contributed by atoms with van der Waals surface area (Å²) in [6, 6.07) is 9.09. The van der Waals surface area contributed by atoms with Crippen LogP contribution in [-0.4, -0.2) is 24.4 Å². The zero-order valence-corrected chi connectivity index (χ0v) is 13.5. The zero-order valence-electron chi connectivity index (χ0n) is 13.5. The lowest BCUT2D eigenvalue weighted by atomic mass is 9.92. The third-order valence-corrected chi connectivity index (χ3v) is 4.17. The number of carbonyl (C=O) groups excluding carboxylic acids is 2. The van der Waals surface area contributed by atoms with Crippen molar-refractivity contribution in [1.82, 2.24) is 5.32 Å². The van der Waals surface area contributed by atoms with Gasteiger partial charge in [-0.15, -0.1) is 0 Å². The van der Waals surface area contributed by atoms with Crippen LogP contribution in [0.5, 0.6) is 0 Å². The van der Waals surface area contributed by atoms with Crippen molar-refractivity contribution in [3.63, 3.8) is 0 Å². The first-order chi connectivity index (χ1) is 11.6. The molecule has 1 saturated heterocycles. The number of rotatable bonds is 4. The average molecular weight is 327 g/mol. The zero-order chi connectivity index (χ0) is 16.9. The molecule has 2 aromatic rings. The molecule has 1 aromatic heterocycles. The Bertz CT molecular complexity index is 712. The smallest absolute Gasteiger partial charge is 0.258 e. The second-order valence-electron chi connectivity index (χ2n) is 6.11. The van der Waals surface area contributed by atoms with Gasteiger partial charge in [-0.05, 0) is 50.6 Å². The van der Waals surface area contributed by atoms with Crippen molar-refractivity contribution in [2.75, 3.05) is 17.2 Å². The Morgan fingerprint density at radius 2 is 2.00 bits per heavy atom. The van der Waals surface area contributed by atoms with E-state index in [9.17, 15) is 9.59 Å². The van der Waals surface area contributed by atoms with Crippen molar-refractivity contribution in [2.24, 2.45) is 5.92 Å². The molecule has 3 N–H and O–H groups in total. The van der Waals surface area contributed by atoms with Crippen molar-refractivity contribution in [3.8, 4) is 0 Å². The number of hydrogen-bond donors (Lipinski definition) is 3. The lowest BCUT2D eigenvalue weighted by Crippen LogP contribution is -2.40. The number of amides is 2. The average Bonchev–Trinajstić information content (AvgIpc) is 3.10. The van der Waals surface area contributed by atoms with Crippen LogP contribution in [0.1, 0.15) is 30.1 Å². The van der Waals surface area contributed by atoms with Crippen molar-refractivity contribution in [1.29, 1.82) is 0 Å². The fraction of sp³-hybridized carbons (Fsp3) is 0.333. The van der Waals surface area contributed by atoms with Crippen molar-refractivity contribution in [3.05, 3.63) is 48.4 Å². The van der Waals surface area contributed by atoms with E-state index in [0.717, 1.165) is 19.4 Å². The normalized spacial score (nSPS) is 20.4. The summed E-state index contributed by atoms with van der Waals surface area (Å²) in [4.78, 5) is 24.4. The number of nitrogens with one attached hydrogen (secondary N) is 3. The summed E-state index contributed by atoms with van der Waals surface area (Å²) in [5, 5.41) is 9.07. The number of anilines is 2. The van der Waals surface area contributed by atoms with Crippen LogP contribution in [0.4, 0.5) is 11.4 Å².